The zero-order valence-electron chi connectivity index (χ0n) is 12.6. The maximum Gasteiger partial charge on any atom is 0.224 e. The number of hydrogen-bond acceptors (Lipinski definition) is 3. The highest BCUT2D eigenvalue weighted by molar-refractivity contribution is 5.93. The van der Waals surface area contributed by atoms with Gasteiger partial charge >= 0.3 is 0 Å². The molecular formula is C16H24N4O. The summed E-state index contributed by atoms with van der Waals surface area (Å²) in [6.45, 7) is 2.87. The summed E-state index contributed by atoms with van der Waals surface area (Å²) in [4.78, 5) is 12.0. The van der Waals surface area contributed by atoms with Crippen molar-refractivity contribution in [3.63, 3.8) is 0 Å². The Morgan fingerprint density at radius 3 is 3.00 bits per heavy atom. The molecule has 4 N–H and O–H groups in total. The summed E-state index contributed by atoms with van der Waals surface area (Å²) >= 11 is 0. The minimum Gasteiger partial charge on any atom is -0.330 e. The number of carbonyl (C=O) groups excluding carboxylic acids is 1. The zero-order valence-corrected chi connectivity index (χ0v) is 12.6. The summed E-state index contributed by atoms with van der Waals surface area (Å²) < 4.78 is 0. The van der Waals surface area contributed by atoms with Gasteiger partial charge in [-0.15, -0.1) is 0 Å². The Labute approximate surface area is 125 Å². The van der Waals surface area contributed by atoms with Crippen molar-refractivity contribution >= 4 is 22.5 Å². The molecule has 2 rings (SSSR count). The molecular weight excluding hydrogens is 264 g/mol. The quantitative estimate of drug-likeness (QED) is 0.698. The van der Waals surface area contributed by atoms with Crippen molar-refractivity contribution < 1.29 is 4.79 Å². The summed E-state index contributed by atoms with van der Waals surface area (Å²) in [5, 5.41) is 10.9. The number of fused-ring (bicyclic) bond motifs is 1. The van der Waals surface area contributed by atoms with E-state index < -0.39 is 0 Å². The fourth-order valence-electron chi connectivity index (χ4n) is 2.65. The highest BCUT2D eigenvalue weighted by Crippen LogP contribution is 2.19. The van der Waals surface area contributed by atoms with Crippen LogP contribution in [0.1, 0.15) is 39.0 Å². The Hall–Kier alpha value is -1.88. The van der Waals surface area contributed by atoms with Crippen molar-refractivity contribution in [3.05, 3.63) is 24.4 Å². The fourth-order valence-corrected chi connectivity index (χ4v) is 2.65. The standard InChI is InChI=1S/C16H24N4O/c1-2-3-12(8-9-17)4-7-16(21)19-14-6-5-13-11-18-20-15(13)10-14/h5-6,10-12H,2-4,7-9,17H2,1H3,(H,18,20)(H,19,21). The second-order valence-corrected chi connectivity index (χ2v) is 5.49. The number of benzene rings is 1. The number of carbonyl (C=O) groups is 1. The molecule has 0 aliphatic heterocycles. The number of H-pyrrole nitrogens is 1. The average molecular weight is 288 g/mol. The van der Waals surface area contributed by atoms with Crippen LogP contribution >= 0.6 is 0 Å². The third-order valence-corrected chi connectivity index (χ3v) is 3.78. The second-order valence-electron chi connectivity index (χ2n) is 5.49. The summed E-state index contributed by atoms with van der Waals surface area (Å²) in [6, 6.07) is 5.76. The lowest BCUT2D eigenvalue weighted by Crippen LogP contribution is -2.15. The molecule has 0 spiro atoms. The monoisotopic (exact) mass is 288 g/mol. The molecule has 1 aromatic heterocycles. The number of nitrogens with zero attached hydrogens (tertiary/aromatic N) is 1. The van der Waals surface area contributed by atoms with Crippen LogP contribution in [0.2, 0.25) is 0 Å². The molecule has 1 amide bonds. The van der Waals surface area contributed by atoms with E-state index in [-0.39, 0.29) is 5.91 Å². The van der Waals surface area contributed by atoms with Gasteiger partial charge in [0.05, 0.1) is 11.7 Å². The molecule has 1 unspecified atom stereocenters. The Morgan fingerprint density at radius 1 is 1.38 bits per heavy atom. The van der Waals surface area contributed by atoms with E-state index in [1.54, 1.807) is 6.20 Å². The molecule has 0 aliphatic carbocycles. The minimum atomic E-state index is 0.0620. The topological polar surface area (TPSA) is 83.8 Å². The number of nitrogens with one attached hydrogen (secondary N) is 2. The Morgan fingerprint density at radius 2 is 2.24 bits per heavy atom. The van der Waals surface area contributed by atoms with E-state index in [0.717, 1.165) is 42.3 Å². The summed E-state index contributed by atoms with van der Waals surface area (Å²) in [5.74, 6) is 0.618. The summed E-state index contributed by atoms with van der Waals surface area (Å²) in [6.07, 6.45) is 6.51. The minimum absolute atomic E-state index is 0.0620. The number of aromatic amines is 1. The van der Waals surface area contributed by atoms with Gasteiger partial charge in [0.25, 0.3) is 0 Å². The van der Waals surface area contributed by atoms with Crippen LogP contribution in [0.3, 0.4) is 0 Å². The molecule has 1 heterocycles. The molecule has 0 aliphatic rings. The molecule has 5 nitrogen and oxygen atoms in total. The third-order valence-electron chi connectivity index (χ3n) is 3.78. The first-order valence-corrected chi connectivity index (χ1v) is 7.66. The van der Waals surface area contributed by atoms with Gasteiger partial charge in [0, 0.05) is 17.5 Å². The summed E-state index contributed by atoms with van der Waals surface area (Å²) in [5.41, 5.74) is 7.36. The normalized spacial score (nSPS) is 12.5. The lowest BCUT2D eigenvalue weighted by molar-refractivity contribution is -0.116. The fraction of sp³-hybridized carbons (Fsp3) is 0.500. The van der Waals surface area contributed by atoms with Crippen molar-refractivity contribution in [1.29, 1.82) is 0 Å². The van der Waals surface area contributed by atoms with Gasteiger partial charge < -0.3 is 11.1 Å². The van der Waals surface area contributed by atoms with Crippen LogP contribution < -0.4 is 11.1 Å². The van der Waals surface area contributed by atoms with Crippen molar-refractivity contribution in [2.24, 2.45) is 11.7 Å². The maximum absolute atomic E-state index is 12.0. The molecule has 0 bridgehead atoms. The Bertz CT molecular complexity index is 572. The van der Waals surface area contributed by atoms with Gasteiger partial charge in [-0.3, -0.25) is 9.89 Å². The first-order chi connectivity index (χ1) is 10.2. The molecule has 0 fully saturated rings. The summed E-state index contributed by atoms with van der Waals surface area (Å²) in [7, 11) is 0. The van der Waals surface area contributed by atoms with Crippen LogP contribution in [0.4, 0.5) is 5.69 Å². The number of anilines is 1. The number of nitrogens with two attached hydrogens (primary N) is 1. The van der Waals surface area contributed by atoms with E-state index in [4.69, 9.17) is 5.73 Å². The Balaban J connectivity index is 1.85. The van der Waals surface area contributed by atoms with E-state index in [1.165, 1.54) is 0 Å². The van der Waals surface area contributed by atoms with Gasteiger partial charge in [0.1, 0.15) is 0 Å². The third kappa shape index (κ3) is 4.56. The predicted octanol–water partition coefficient (Wildman–Crippen LogP) is 3.05. The van der Waals surface area contributed by atoms with Crippen LogP contribution in [0, 0.1) is 5.92 Å². The SMILES string of the molecule is CCCC(CCN)CCC(=O)Nc1ccc2cn[nH]c2c1. The largest absolute Gasteiger partial charge is 0.330 e. The van der Waals surface area contributed by atoms with Crippen LogP contribution in [0.25, 0.3) is 10.9 Å². The first-order valence-electron chi connectivity index (χ1n) is 7.66. The van der Waals surface area contributed by atoms with E-state index in [1.807, 2.05) is 18.2 Å². The molecule has 21 heavy (non-hydrogen) atoms. The second kappa shape index (κ2) is 7.78. The number of aromatic nitrogens is 2. The number of amides is 1. The molecule has 114 valence electrons. The first kappa shape index (κ1) is 15.5. The van der Waals surface area contributed by atoms with Gasteiger partial charge in [-0.05, 0) is 43.5 Å². The van der Waals surface area contributed by atoms with Gasteiger partial charge in [-0.2, -0.15) is 5.10 Å². The highest BCUT2D eigenvalue weighted by Gasteiger charge is 2.10. The smallest absolute Gasteiger partial charge is 0.224 e. The van der Waals surface area contributed by atoms with Gasteiger partial charge in [-0.25, -0.2) is 0 Å². The molecule has 0 saturated heterocycles. The van der Waals surface area contributed by atoms with Crippen molar-refractivity contribution in [1.82, 2.24) is 10.2 Å². The van der Waals surface area contributed by atoms with E-state index >= 15 is 0 Å². The lowest BCUT2D eigenvalue weighted by atomic mass is 9.94. The molecule has 2 aromatic rings. The van der Waals surface area contributed by atoms with Crippen molar-refractivity contribution in [2.45, 2.75) is 39.0 Å². The van der Waals surface area contributed by atoms with Gasteiger partial charge in [-0.1, -0.05) is 19.8 Å². The van der Waals surface area contributed by atoms with Crippen LogP contribution in [0.5, 0.6) is 0 Å². The molecule has 5 heteroatoms. The average Bonchev–Trinajstić information content (AvgIpc) is 2.93. The van der Waals surface area contributed by atoms with Gasteiger partial charge in [0.2, 0.25) is 5.91 Å². The van der Waals surface area contributed by atoms with Crippen LogP contribution in [-0.4, -0.2) is 22.6 Å². The predicted molar refractivity (Wildman–Crippen MR) is 86.0 cm³/mol. The molecule has 1 atom stereocenters. The van der Waals surface area contributed by atoms with E-state index in [2.05, 4.69) is 22.4 Å². The lowest BCUT2D eigenvalue weighted by Gasteiger charge is -2.14. The highest BCUT2D eigenvalue weighted by atomic mass is 16.1. The van der Waals surface area contributed by atoms with Crippen LogP contribution in [-0.2, 0) is 4.79 Å². The number of rotatable bonds is 8. The van der Waals surface area contributed by atoms with Crippen molar-refractivity contribution in [3.8, 4) is 0 Å². The van der Waals surface area contributed by atoms with E-state index in [0.29, 0.717) is 18.9 Å². The zero-order chi connectivity index (χ0) is 15.1. The maximum atomic E-state index is 12.0. The van der Waals surface area contributed by atoms with Gasteiger partial charge in [0.15, 0.2) is 0 Å². The molecule has 0 saturated carbocycles. The number of hydrogen-bond donors (Lipinski definition) is 3. The molecule has 1 aromatic carbocycles. The van der Waals surface area contributed by atoms with Crippen LogP contribution in [0.15, 0.2) is 24.4 Å². The molecule has 0 radical (unpaired) electrons. The van der Waals surface area contributed by atoms with Crippen molar-refractivity contribution in [2.75, 3.05) is 11.9 Å². The Kier molecular flexibility index (Phi) is 5.75. The van der Waals surface area contributed by atoms with E-state index in [9.17, 15) is 4.79 Å².